The summed E-state index contributed by atoms with van der Waals surface area (Å²) in [6.45, 7) is 5.31. The lowest BCUT2D eigenvalue weighted by Crippen LogP contribution is -2.34. The zero-order valence-electron chi connectivity index (χ0n) is 17.5. The first-order chi connectivity index (χ1) is 14.6. The highest BCUT2D eigenvalue weighted by atomic mass is 32.1. The molecule has 0 saturated carbocycles. The first-order valence-corrected chi connectivity index (χ1v) is 10.9. The summed E-state index contributed by atoms with van der Waals surface area (Å²) in [5.74, 6) is 1.52. The molecular formula is C24H28N4OS. The van der Waals surface area contributed by atoms with E-state index in [1.807, 2.05) is 24.3 Å². The number of hydrogen-bond donors (Lipinski definition) is 2. The molecule has 2 N–H and O–H groups in total. The first-order valence-electron chi connectivity index (χ1n) is 10.4. The van der Waals surface area contributed by atoms with Gasteiger partial charge in [0.2, 0.25) is 0 Å². The van der Waals surface area contributed by atoms with Crippen LogP contribution in [0.2, 0.25) is 0 Å². The van der Waals surface area contributed by atoms with Gasteiger partial charge in [0.1, 0.15) is 11.3 Å². The minimum absolute atomic E-state index is 0.583. The molecule has 1 fully saturated rings. The standard InChI is InChI=1S/C24H28N4OS/c1-17-5-4-14-28(16-17)19-9-7-18(8-10-19)15-26-24(30)27-21-11-12-22(29-2)23-20(21)6-3-13-25-23/h3,6-13,17H,4-5,14-16H2,1-2H3,(H2,26,27,30)/t17-/m0/s1. The fourth-order valence-electron chi connectivity index (χ4n) is 4.02. The number of aromatic nitrogens is 1. The largest absolute Gasteiger partial charge is 0.494 e. The maximum absolute atomic E-state index is 5.52. The van der Waals surface area contributed by atoms with Crippen molar-refractivity contribution in [2.24, 2.45) is 5.92 Å². The van der Waals surface area contributed by atoms with Crippen LogP contribution in [-0.4, -0.2) is 30.3 Å². The second kappa shape index (κ2) is 9.30. The number of thiocarbonyl (C=S) groups is 1. The van der Waals surface area contributed by atoms with Crippen LogP contribution in [0.15, 0.2) is 54.7 Å². The molecule has 1 aromatic heterocycles. The third kappa shape index (κ3) is 4.65. The van der Waals surface area contributed by atoms with E-state index in [1.54, 1.807) is 13.3 Å². The van der Waals surface area contributed by atoms with Gasteiger partial charge in [0.15, 0.2) is 5.11 Å². The van der Waals surface area contributed by atoms with Gasteiger partial charge in [-0.25, -0.2) is 0 Å². The van der Waals surface area contributed by atoms with Crippen molar-refractivity contribution >= 4 is 39.6 Å². The van der Waals surface area contributed by atoms with Gasteiger partial charge in [0.25, 0.3) is 0 Å². The molecule has 30 heavy (non-hydrogen) atoms. The summed E-state index contributed by atoms with van der Waals surface area (Å²) in [6, 6.07) is 16.6. The lowest BCUT2D eigenvalue weighted by Gasteiger charge is -2.32. The monoisotopic (exact) mass is 420 g/mol. The predicted molar refractivity (Wildman–Crippen MR) is 128 cm³/mol. The van der Waals surface area contributed by atoms with E-state index in [-0.39, 0.29) is 0 Å². The summed E-state index contributed by atoms with van der Waals surface area (Å²) in [4.78, 5) is 6.92. The van der Waals surface area contributed by atoms with E-state index in [4.69, 9.17) is 17.0 Å². The summed E-state index contributed by atoms with van der Waals surface area (Å²) in [7, 11) is 1.65. The van der Waals surface area contributed by atoms with E-state index < -0.39 is 0 Å². The van der Waals surface area contributed by atoms with Crippen LogP contribution in [0.3, 0.4) is 0 Å². The van der Waals surface area contributed by atoms with Gasteiger partial charge in [-0.15, -0.1) is 0 Å². The Morgan fingerprint density at radius 3 is 2.80 bits per heavy atom. The lowest BCUT2D eigenvalue weighted by molar-refractivity contribution is 0.419. The van der Waals surface area contributed by atoms with Gasteiger partial charge in [-0.3, -0.25) is 4.98 Å². The second-order valence-corrected chi connectivity index (χ2v) is 8.29. The van der Waals surface area contributed by atoms with Crippen LogP contribution in [0.5, 0.6) is 5.75 Å². The number of fused-ring (bicyclic) bond motifs is 1. The molecule has 0 aliphatic carbocycles. The number of methoxy groups -OCH3 is 1. The minimum atomic E-state index is 0.583. The number of ether oxygens (including phenoxy) is 1. The number of benzene rings is 2. The summed E-state index contributed by atoms with van der Waals surface area (Å²) in [5, 5.41) is 8.15. The normalized spacial score (nSPS) is 16.3. The maximum atomic E-state index is 5.52. The number of hydrogen-bond acceptors (Lipinski definition) is 4. The molecule has 0 spiro atoms. The predicted octanol–water partition coefficient (Wildman–Crippen LogP) is 4.97. The van der Waals surface area contributed by atoms with Gasteiger partial charge in [-0.05, 0) is 72.9 Å². The number of nitrogens with zero attached hydrogens (tertiary/aromatic N) is 2. The maximum Gasteiger partial charge on any atom is 0.171 e. The molecule has 0 bridgehead atoms. The Morgan fingerprint density at radius 1 is 1.20 bits per heavy atom. The van der Waals surface area contributed by atoms with Crippen LogP contribution >= 0.6 is 12.2 Å². The molecule has 0 amide bonds. The number of anilines is 2. The summed E-state index contributed by atoms with van der Waals surface area (Å²) >= 11 is 5.52. The van der Waals surface area contributed by atoms with Crippen LogP contribution in [0.4, 0.5) is 11.4 Å². The molecule has 6 heteroatoms. The second-order valence-electron chi connectivity index (χ2n) is 7.88. The molecule has 1 aliphatic rings. The van der Waals surface area contributed by atoms with Crippen molar-refractivity contribution in [3.05, 3.63) is 60.3 Å². The Bertz CT molecular complexity index is 1020. The minimum Gasteiger partial charge on any atom is -0.494 e. The van der Waals surface area contributed by atoms with Crippen LogP contribution < -0.4 is 20.3 Å². The van der Waals surface area contributed by atoms with E-state index in [2.05, 4.69) is 51.7 Å². The van der Waals surface area contributed by atoms with Crippen LogP contribution in [0, 0.1) is 5.92 Å². The van der Waals surface area contributed by atoms with Crippen molar-refractivity contribution in [2.75, 3.05) is 30.4 Å². The van der Waals surface area contributed by atoms with E-state index >= 15 is 0 Å². The highest BCUT2D eigenvalue weighted by molar-refractivity contribution is 7.80. The molecule has 2 aromatic carbocycles. The molecule has 5 nitrogen and oxygen atoms in total. The molecule has 3 aromatic rings. The number of piperidine rings is 1. The Balaban J connectivity index is 1.37. The fraction of sp³-hybridized carbons (Fsp3) is 0.333. The molecule has 4 rings (SSSR count). The fourth-order valence-corrected chi connectivity index (χ4v) is 4.20. The third-order valence-corrected chi connectivity index (χ3v) is 5.86. The molecular weight excluding hydrogens is 392 g/mol. The topological polar surface area (TPSA) is 49.4 Å². The number of pyridine rings is 1. The molecule has 1 aliphatic heterocycles. The van der Waals surface area contributed by atoms with Crippen molar-refractivity contribution < 1.29 is 4.74 Å². The van der Waals surface area contributed by atoms with Gasteiger partial charge >= 0.3 is 0 Å². The highest BCUT2D eigenvalue weighted by Crippen LogP contribution is 2.29. The van der Waals surface area contributed by atoms with Crippen LogP contribution in [0.25, 0.3) is 10.9 Å². The zero-order chi connectivity index (χ0) is 20.9. The van der Waals surface area contributed by atoms with E-state index in [9.17, 15) is 0 Å². The molecule has 1 saturated heterocycles. The van der Waals surface area contributed by atoms with E-state index in [1.165, 1.54) is 24.1 Å². The van der Waals surface area contributed by atoms with Gasteiger partial charge < -0.3 is 20.3 Å². The van der Waals surface area contributed by atoms with Gasteiger partial charge in [-0.1, -0.05) is 19.1 Å². The molecule has 0 unspecified atom stereocenters. The van der Waals surface area contributed by atoms with Crippen molar-refractivity contribution in [1.29, 1.82) is 0 Å². The SMILES string of the molecule is COc1ccc(NC(=S)NCc2ccc(N3CCC[C@H](C)C3)cc2)c2cccnc12. The quantitative estimate of drug-likeness (QED) is 0.569. The summed E-state index contributed by atoms with van der Waals surface area (Å²) in [5.41, 5.74) is 4.24. The average molecular weight is 421 g/mol. The van der Waals surface area contributed by atoms with Crippen molar-refractivity contribution in [2.45, 2.75) is 26.3 Å². The summed E-state index contributed by atoms with van der Waals surface area (Å²) < 4.78 is 5.41. The average Bonchev–Trinajstić information content (AvgIpc) is 2.78. The molecule has 2 heterocycles. The third-order valence-electron chi connectivity index (χ3n) is 5.61. The van der Waals surface area contributed by atoms with Crippen molar-refractivity contribution in [3.8, 4) is 5.75 Å². The number of nitrogens with one attached hydrogen (secondary N) is 2. The smallest absolute Gasteiger partial charge is 0.171 e. The summed E-state index contributed by atoms with van der Waals surface area (Å²) in [6.07, 6.45) is 4.38. The molecule has 156 valence electrons. The lowest BCUT2D eigenvalue weighted by atomic mass is 9.99. The van der Waals surface area contributed by atoms with E-state index in [0.717, 1.165) is 41.3 Å². The van der Waals surface area contributed by atoms with Gasteiger partial charge in [0.05, 0.1) is 7.11 Å². The zero-order valence-corrected chi connectivity index (χ0v) is 18.3. The molecule has 1 atom stereocenters. The first kappa shape index (κ1) is 20.4. The Kier molecular flexibility index (Phi) is 6.33. The highest BCUT2D eigenvalue weighted by Gasteiger charge is 2.16. The number of rotatable bonds is 5. The van der Waals surface area contributed by atoms with Crippen LogP contribution in [-0.2, 0) is 6.54 Å². The van der Waals surface area contributed by atoms with Gasteiger partial charge in [-0.2, -0.15) is 0 Å². The molecule has 0 radical (unpaired) electrons. The van der Waals surface area contributed by atoms with Crippen LogP contribution in [0.1, 0.15) is 25.3 Å². The van der Waals surface area contributed by atoms with E-state index in [0.29, 0.717) is 11.7 Å². The Hall–Kier alpha value is -2.86. The van der Waals surface area contributed by atoms with Crippen molar-refractivity contribution in [3.63, 3.8) is 0 Å². The Labute approximate surface area is 183 Å². The van der Waals surface area contributed by atoms with Crippen molar-refractivity contribution in [1.82, 2.24) is 10.3 Å². The Morgan fingerprint density at radius 2 is 2.03 bits per heavy atom. The van der Waals surface area contributed by atoms with Gasteiger partial charge in [0, 0.05) is 42.6 Å².